The van der Waals surface area contributed by atoms with Gasteiger partial charge >= 0.3 is 5.97 Å². The highest BCUT2D eigenvalue weighted by Gasteiger charge is 2.35. The van der Waals surface area contributed by atoms with E-state index in [9.17, 15) is 14.4 Å². The minimum atomic E-state index is -0.636. The number of halogens is 3. The zero-order valence-electron chi connectivity index (χ0n) is 18.1. The molecule has 3 aromatic carbocycles. The van der Waals surface area contributed by atoms with Gasteiger partial charge in [-0.05, 0) is 65.4 Å². The lowest BCUT2D eigenvalue weighted by Gasteiger charge is -2.13. The molecule has 1 fully saturated rings. The summed E-state index contributed by atoms with van der Waals surface area (Å²) in [5.74, 6) is -0.630. The summed E-state index contributed by atoms with van der Waals surface area (Å²) in [7, 11) is 1.43. The largest absolute Gasteiger partial charge is 0.493 e. The quantitative estimate of drug-likeness (QED) is 0.186. The SMILES string of the molecule is COc1cc(/C=C2\SC(=O)N(Cc3ccc(Cl)cc3Cl)C2=O)ccc1OC(=O)c1ccccc1Cl. The van der Waals surface area contributed by atoms with Crippen LogP contribution in [-0.2, 0) is 11.3 Å². The molecular weight excluding hydrogens is 533 g/mol. The normalized spacial score (nSPS) is 14.5. The fourth-order valence-corrected chi connectivity index (χ4v) is 4.77. The summed E-state index contributed by atoms with van der Waals surface area (Å²) >= 11 is 19.0. The number of carbonyl (C=O) groups excluding carboxylic acids is 3. The molecule has 1 aliphatic rings. The van der Waals surface area contributed by atoms with Crippen LogP contribution >= 0.6 is 46.6 Å². The molecule has 1 aliphatic heterocycles. The molecule has 0 N–H and O–H groups in total. The number of hydrogen-bond donors (Lipinski definition) is 0. The molecule has 0 unspecified atom stereocenters. The van der Waals surface area contributed by atoms with Gasteiger partial charge in [0, 0.05) is 10.0 Å². The Labute approximate surface area is 220 Å². The van der Waals surface area contributed by atoms with Crippen molar-refractivity contribution in [1.82, 2.24) is 4.90 Å². The van der Waals surface area contributed by atoms with E-state index >= 15 is 0 Å². The molecule has 10 heteroatoms. The van der Waals surface area contributed by atoms with Crippen LogP contribution in [0.2, 0.25) is 15.1 Å². The molecule has 178 valence electrons. The number of hydrogen-bond acceptors (Lipinski definition) is 6. The first-order chi connectivity index (χ1) is 16.8. The number of amides is 2. The van der Waals surface area contributed by atoms with E-state index in [-0.39, 0.29) is 33.5 Å². The Balaban J connectivity index is 1.53. The second-order valence-corrected chi connectivity index (χ2v) is 9.53. The molecule has 1 heterocycles. The van der Waals surface area contributed by atoms with Crippen molar-refractivity contribution in [2.45, 2.75) is 6.54 Å². The summed E-state index contributed by atoms with van der Waals surface area (Å²) in [5, 5.41) is 0.683. The number of thioether (sulfide) groups is 1. The van der Waals surface area contributed by atoms with Gasteiger partial charge in [0.2, 0.25) is 0 Å². The maximum absolute atomic E-state index is 12.9. The summed E-state index contributed by atoms with van der Waals surface area (Å²) in [6.07, 6.45) is 1.57. The predicted molar refractivity (Wildman–Crippen MR) is 137 cm³/mol. The number of ether oxygens (including phenoxy) is 2. The first kappa shape index (κ1) is 25.1. The fraction of sp³-hybridized carbons (Fsp3) is 0.0800. The van der Waals surface area contributed by atoms with E-state index < -0.39 is 17.1 Å². The van der Waals surface area contributed by atoms with Gasteiger partial charge < -0.3 is 9.47 Å². The third-order valence-corrected chi connectivity index (χ3v) is 6.82. The monoisotopic (exact) mass is 547 g/mol. The van der Waals surface area contributed by atoms with Crippen molar-refractivity contribution in [3.8, 4) is 11.5 Å². The van der Waals surface area contributed by atoms with Crippen LogP contribution in [0.4, 0.5) is 4.79 Å². The number of rotatable bonds is 6. The molecular formula is C25H16Cl3NO5S. The van der Waals surface area contributed by atoms with Crippen molar-refractivity contribution in [3.05, 3.63) is 97.3 Å². The highest BCUT2D eigenvalue weighted by atomic mass is 35.5. The lowest BCUT2D eigenvalue weighted by molar-refractivity contribution is -0.123. The van der Waals surface area contributed by atoms with E-state index in [1.54, 1.807) is 60.7 Å². The number of methoxy groups -OCH3 is 1. The molecule has 3 aromatic rings. The number of imide groups is 1. The maximum atomic E-state index is 12.9. The highest BCUT2D eigenvalue weighted by Crippen LogP contribution is 2.36. The predicted octanol–water partition coefficient (Wildman–Crippen LogP) is 7.11. The molecule has 1 saturated heterocycles. The van der Waals surface area contributed by atoms with Crippen LogP contribution in [0.1, 0.15) is 21.5 Å². The number of benzene rings is 3. The van der Waals surface area contributed by atoms with Crippen molar-refractivity contribution in [3.63, 3.8) is 0 Å². The van der Waals surface area contributed by atoms with Crippen molar-refractivity contribution in [2.75, 3.05) is 7.11 Å². The average molecular weight is 549 g/mol. The Morgan fingerprint density at radius 2 is 1.74 bits per heavy atom. The number of esters is 1. The highest BCUT2D eigenvalue weighted by molar-refractivity contribution is 8.18. The lowest BCUT2D eigenvalue weighted by Crippen LogP contribution is -2.27. The fourth-order valence-electron chi connectivity index (χ4n) is 3.25. The smallest absolute Gasteiger partial charge is 0.345 e. The van der Waals surface area contributed by atoms with Crippen LogP contribution in [0.5, 0.6) is 11.5 Å². The number of nitrogens with zero attached hydrogens (tertiary/aromatic N) is 1. The Bertz CT molecular complexity index is 1370. The van der Waals surface area contributed by atoms with E-state index in [1.807, 2.05) is 0 Å². The van der Waals surface area contributed by atoms with Gasteiger partial charge in [-0.15, -0.1) is 0 Å². The van der Waals surface area contributed by atoms with E-state index in [4.69, 9.17) is 44.3 Å². The second-order valence-electron chi connectivity index (χ2n) is 7.28. The number of carbonyl (C=O) groups is 3. The summed E-state index contributed by atoms with van der Waals surface area (Å²) in [6.45, 7) is 0.0261. The molecule has 0 saturated carbocycles. The van der Waals surface area contributed by atoms with E-state index in [0.717, 1.165) is 16.7 Å². The second kappa shape index (κ2) is 10.7. The van der Waals surface area contributed by atoms with Gasteiger partial charge in [0.05, 0.1) is 29.1 Å². The molecule has 0 spiro atoms. The third kappa shape index (κ3) is 5.65. The average Bonchev–Trinajstić information content (AvgIpc) is 3.09. The minimum absolute atomic E-state index is 0.0261. The van der Waals surface area contributed by atoms with Crippen molar-refractivity contribution in [1.29, 1.82) is 0 Å². The van der Waals surface area contributed by atoms with Gasteiger partial charge in [-0.25, -0.2) is 4.79 Å². The Morgan fingerprint density at radius 3 is 2.46 bits per heavy atom. The molecule has 35 heavy (non-hydrogen) atoms. The zero-order valence-corrected chi connectivity index (χ0v) is 21.2. The maximum Gasteiger partial charge on any atom is 0.345 e. The van der Waals surface area contributed by atoms with E-state index in [1.165, 1.54) is 13.2 Å². The standard InChI is InChI=1S/C25H16Cl3NO5S/c1-33-21-10-14(6-9-20(21)34-24(31)17-4-2-3-5-18(17)27)11-22-23(30)29(25(32)35-22)13-15-7-8-16(26)12-19(15)28/h2-12H,13H2,1H3/b22-11-. The Morgan fingerprint density at radius 1 is 0.971 bits per heavy atom. The zero-order chi connectivity index (χ0) is 25.1. The van der Waals surface area contributed by atoms with Gasteiger partial charge in [0.1, 0.15) is 0 Å². The van der Waals surface area contributed by atoms with Gasteiger partial charge in [-0.2, -0.15) is 0 Å². The van der Waals surface area contributed by atoms with Crippen molar-refractivity contribution >= 4 is 69.8 Å². The van der Waals surface area contributed by atoms with E-state index in [0.29, 0.717) is 21.2 Å². The molecule has 0 radical (unpaired) electrons. The summed E-state index contributed by atoms with van der Waals surface area (Å²) in [4.78, 5) is 39.2. The van der Waals surface area contributed by atoms with E-state index in [2.05, 4.69) is 0 Å². The molecule has 0 aliphatic carbocycles. The molecule has 0 aromatic heterocycles. The van der Waals surface area contributed by atoms with Crippen LogP contribution in [0.3, 0.4) is 0 Å². The van der Waals surface area contributed by atoms with Gasteiger partial charge in [-0.1, -0.05) is 59.1 Å². The van der Waals surface area contributed by atoms with Crippen LogP contribution in [0.15, 0.2) is 65.6 Å². The molecule has 0 bridgehead atoms. The van der Waals surface area contributed by atoms with Crippen LogP contribution < -0.4 is 9.47 Å². The minimum Gasteiger partial charge on any atom is -0.493 e. The van der Waals surface area contributed by atoms with Crippen LogP contribution in [-0.4, -0.2) is 29.1 Å². The van der Waals surface area contributed by atoms with Gasteiger partial charge in [0.15, 0.2) is 11.5 Å². The van der Waals surface area contributed by atoms with Crippen LogP contribution in [0, 0.1) is 0 Å². The van der Waals surface area contributed by atoms with Crippen molar-refractivity contribution < 1.29 is 23.9 Å². The molecule has 2 amide bonds. The Hall–Kier alpha value is -2.97. The molecule has 4 rings (SSSR count). The lowest BCUT2D eigenvalue weighted by atomic mass is 10.1. The third-order valence-electron chi connectivity index (χ3n) is 5.00. The first-order valence-corrected chi connectivity index (χ1v) is 12.1. The van der Waals surface area contributed by atoms with Gasteiger partial charge in [0.25, 0.3) is 11.1 Å². The first-order valence-electron chi connectivity index (χ1n) is 10.1. The summed E-state index contributed by atoms with van der Waals surface area (Å²) < 4.78 is 10.8. The molecule has 6 nitrogen and oxygen atoms in total. The Kier molecular flexibility index (Phi) is 7.72. The summed E-state index contributed by atoms with van der Waals surface area (Å²) in [5.41, 5.74) is 1.40. The van der Waals surface area contributed by atoms with Crippen molar-refractivity contribution in [2.24, 2.45) is 0 Å². The van der Waals surface area contributed by atoms with Crippen LogP contribution in [0.25, 0.3) is 6.08 Å². The van der Waals surface area contributed by atoms with Gasteiger partial charge in [-0.3, -0.25) is 14.5 Å². The molecule has 0 atom stereocenters. The topological polar surface area (TPSA) is 72.9 Å². The summed E-state index contributed by atoms with van der Waals surface area (Å²) in [6, 6.07) is 16.2.